The van der Waals surface area contributed by atoms with Gasteiger partial charge in [0.1, 0.15) is 5.83 Å². The van der Waals surface area contributed by atoms with E-state index >= 15 is 0 Å². The van der Waals surface area contributed by atoms with E-state index in [0.717, 1.165) is 18.4 Å². The highest BCUT2D eigenvalue weighted by molar-refractivity contribution is 5.37. The van der Waals surface area contributed by atoms with E-state index < -0.39 is 0 Å². The summed E-state index contributed by atoms with van der Waals surface area (Å²) in [6, 6.07) is 0. The van der Waals surface area contributed by atoms with Gasteiger partial charge in [-0.05, 0) is 42.1 Å². The lowest BCUT2D eigenvalue weighted by Crippen LogP contribution is -1.90. The van der Waals surface area contributed by atoms with Gasteiger partial charge in [0.05, 0.1) is 0 Å². The average molecular weight is 194 g/mol. The van der Waals surface area contributed by atoms with Crippen molar-refractivity contribution in [1.82, 2.24) is 0 Å². The van der Waals surface area contributed by atoms with Gasteiger partial charge in [-0.15, -0.1) is 0 Å². The highest BCUT2D eigenvalue weighted by Crippen LogP contribution is 2.18. The highest BCUT2D eigenvalue weighted by Gasteiger charge is 2.01. The summed E-state index contributed by atoms with van der Waals surface area (Å²) in [4.78, 5) is 0. The van der Waals surface area contributed by atoms with Crippen LogP contribution in [-0.2, 0) is 0 Å². The first-order chi connectivity index (χ1) is 6.47. The zero-order valence-corrected chi connectivity index (χ0v) is 9.15. The van der Waals surface area contributed by atoms with Crippen LogP contribution in [-0.4, -0.2) is 0 Å². The summed E-state index contributed by atoms with van der Waals surface area (Å²) >= 11 is 0. The molecule has 0 bridgehead atoms. The Morgan fingerprint density at radius 2 is 1.93 bits per heavy atom. The van der Waals surface area contributed by atoms with Crippen molar-refractivity contribution in [1.29, 1.82) is 0 Å². The van der Waals surface area contributed by atoms with Crippen molar-refractivity contribution in [2.24, 2.45) is 5.92 Å². The molecule has 0 atom stereocenters. The normalized spacial score (nSPS) is 11.6. The van der Waals surface area contributed by atoms with Crippen molar-refractivity contribution in [3.8, 4) is 0 Å². The summed E-state index contributed by atoms with van der Waals surface area (Å²) in [7, 11) is 0. The van der Waals surface area contributed by atoms with E-state index in [9.17, 15) is 4.39 Å². The summed E-state index contributed by atoms with van der Waals surface area (Å²) in [6.07, 6.45) is 4.47. The lowest BCUT2D eigenvalue weighted by atomic mass is 9.99. The maximum Gasteiger partial charge on any atom is 0.123 e. The fourth-order valence-corrected chi connectivity index (χ4v) is 0.951. The van der Waals surface area contributed by atoms with Crippen LogP contribution in [0.5, 0.6) is 0 Å². The summed E-state index contributed by atoms with van der Waals surface area (Å²) in [5, 5.41) is 0. The molecule has 0 aromatic rings. The Bertz CT molecular complexity index is 256. The van der Waals surface area contributed by atoms with Crippen LogP contribution in [0.25, 0.3) is 0 Å². The predicted molar refractivity (Wildman–Crippen MR) is 61.7 cm³/mol. The predicted octanol–water partition coefficient (Wildman–Crippen LogP) is 4.57. The van der Waals surface area contributed by atoms with Gasteiger partial charge in [-0.1, -0.05) is 33.6 Å². The molecule has 0 aliphatic rings. The molecular formula is C13H19F. The molecule has 0 aromatic carbocycles. The Morgan fingerprint density at radius 1 is 1.36 bits per heavy atom. The molecule has 0 unspecified atom stereocenters. The molecular weight excluding hydrogens is 175 g/mol. The Labute approximate surface area is 86.5 Å². The minimum Gasteiger partial charge on any atom is -0.207 e. The molecule has 0 N–H and O–H groups in total. The Morgan fingerprint density at radius 3 is 2.36 bits per heavy atom. The van der Waals surface area contributed by atoms with Crippen molar-refractivity contribution >= 4 is 0 Å². The van der Waals surface area contributed by atoms with Crippen LogP contribution in [0.1, 0.15) is 26.7 Å². The van der Waals surface area contributed by atoms with Gasteiger partial charge in [0, 0.05) is 0 Å². The number of allylic oxidation sites excluding steroid dienone is 5. The summed E-state index contributed by atoms with van der Waals surface area (Å²) < 4.78 is 12.8. The van der Waals surface area contributed by atoms with Gasteiger partial charge in [-0.2, -0.15) is 0 Å². The molecule has 78 valence electrons. The number of halogens is 1. The number of hydrogen-bond acceptors (Lipinski definition) is 0. The topological polar surface area (TPSA) is 0 Å². The molecule has 0 aromatic heterocycles. The largest absolute Gasteiger partial charge is 0.207 e. The molecule has 0 spiro atoms. The van der Waals surface area contributed by atoms with Crippen molar-refractivity contribution in [3.63, 3.8) is 0 Å². The average Bonchev–Trinajstić information content (AvgIpc) is 2.13. The third-order valence-electron chi connectivity index (χ3n) is 1.98. The molecule has 0 saturated heterocycles. The standard InChI is InChI=1S/C13H19F/c1-6-13(14)9-12(5)11(4)8-7-10(2)3/h6,9-10H,1,4-5,7-8H2,2-3H3/b13-9+. The van der Waals surface area contributed by atoms with Gasteiger partial charge in [-0.25, -0.2) is 4.39 Å². The van der Waals surface area contributed by atoms with E-state index in [4.69, 9.17) is 0 Å². The van der Waals surface area contributed by atoms with Crippen LogP contribution in [0.4, 0.5) is 4.39 Å². The van der Waals surface area contributed by atoms with Gasteiger partial charge in [0.25, 0.3) is 0 Å². The van der Waals surface area contributed by atoms with Gasteiger partial charge < -0.3 is 0 Å². The Hall–Kier alpha value is -1.11. The maximum absolute atomic E-state index is 12.8. The van der Waals surface area contributed by atoms with E-state index in [1.54, 1.807) is 0 Å². The molecule has 0 aliphatic heterocycles. The fourth-order valence-electron chi connectivity index (χ4n) is 0.951. The lowest BCUT2D eigenvalue weighted by Gasteiger charge is -2.07. The molecule has 0 amide bonds. The molecule has 14 heavy (non-hydrogen) atoms. The van der Waals surface area contributed by atoms with Crippen molar-refractivity contribution in [2.45, 2.75) is 26.7 Å². The first-order valence-electron chi connectivity index (χ1n) is 4.84. The first-order valence-corrected chi connectivity index (χ1v) is 4.84. The third-order valence-corrected chi connectivity index (χ3v) is 1.98. The van der Waals surface area contributed by atoms with Crippen LogP contribution in [0, 0.1) is 5.92 Å². The van der Waals surface area contributed by atoms with Crippen LogP contribution in [0.15, 0.2) is 48.9 Å². The van der Waals surface area contributed by atoms with Crippen molar-refractivity contribution in [2.75, 3.05) is 0 Å². The molecule has 0 aliphatic carbocycles. The first kappa shape index (κ1) is 12.9. The smallest absolute Gasteiger partial charge is 0.123 e. The molecule has 1 heteroatoms. The second-order valence-electron chi connectivity index (χ2n) is 3.79. The van der Waals surface area contributed by atoms with Crippen LogP contribution in [0.3, 0.4) is 0 Å². The molecule has 0 nitrogen and oxygen atoms in total. The summed E-state index contributed by atoms with van der Waals surface area (Å²) in [5.41, 5.74) is 1.55. The second-order valence-corrected chi connectivity index (χ2v) is 3.79. The van der Waals surface area contributed by atoms with Crippen molar-refractivity contribution < 1.29 is 4.39 Å². The quantitative estimate of drug-likeness (QED) is 0.543. The van der Waals surface area contributed by atoms with Crippen LogP contribution in [0.2, 0.25) is 0 Å². The minimum absolute atomic E-state index is 0.360. The number of hydrogen-bond donors (Lipinski definition) is 0. The lowest BCUT2D eigenvalue weighted by molar-refractivity contribution is 0.587. The molecule has 0 saturated carbocycles. The van der Waals surface area contributed by atoms with Crippen molar-refractivity contribution in [3.05, 3.63) is 48.9 Å². The van der Waals surface area contributed by atoms with E-state index in [-0.39, 0.29) is 5.83 Å². The Balaban J connectivity index is 4.14. The van der Waals surface area contributed by atoms with Gasteiger partial charge in [0.15, 0.2) is 0 Å². The molecule has 0 fully saturated rings. The van der Waals surface area contributed by atoms with Crippen LogP contribution < -0.4 is 0 Å². The fraction of sp³-hybridized carbons (Fsp3) is 0.385. The molecule has 0 rings (SSSR count). The van der Waals surface area contributed by atoms with Gasteiger partial charge in [-0.3, -0.25) is 0 Å². The summed E-state index contributed by atoms with van der Waals surface area (Å²) in [5.74, 6) is 0.272. The zero-order valence-electron chi connectivity index (χ0n) is 9.15. The number of rotatable bonds is 6. The third kappa shape index (κ3) is 5.52. The van der Waals surface area contributed by atoms with Gasteiger partial charge >= 0.3 is 0 Å². The molecule has 0 radical (unpaired) electrons. The highest BCUT2D eigenvalue weighted by atomic mass is 19.1. The van der Waals surface area contributed by atoms with Crippen LogP contribution >= 0.6 is 0 Å². The Kier molecular flexibility index (Phi) is 5.86. The SMILES string of the molecule is C=C/C(F)=C\C(=C)C(=C)CCC(C)C. The summed E-state index contributed by atoms with van der Waals surface area (Å²) in [6.45, 7) is 15.3. The second kappa shape index (κ2) is 6.36. The van der Waals surface area contributed by atoms with E-state index in [1.165, 1.54) is 12.2 Å². The molecule has 0 heterocycles. The monoisotopic (exact) mass is 194 g/mol. The maximum atomic E-state index is 12.8. The van der Waals surface area contributed by atoms with E-state index in [0.29, 0.717) is 11.5 Å². The van der Waals surface area contributed by atoms with E-state index in [1.807, 2.05) is 0 Å². The van der Waals surface area contributed by atoms with Gasteiger partial charge in [0.2, 0.25) is 0 Å². The van der Waals surface area contributed by atoms with E-state index in [2.05, 4.69) is 33.6 Å². The minimum atomic E-state index is -0.360. The zero-order chi connectivity index (χ0) is 11.1.